The molecule has 0 saturated carbocycles. The summed E-state index contributed by atoms with van der Waals surface area (Å²) in [6.07, 6.45) is 1.73. The van der Waals surface area contributed by atoms with Crippen molar-refractivity contribution in [3.63, 3.8) is 0 Å². The lowest BCUT2D eigenvalue weighted by atomic mass is 10.2. The van der Waals surface area contributed by atoms with Crippen LogP contribution in [0.25, 0.3) is 11.4 Å². The number of aryl methyl sites for hydroxylation is 2. The number of halogens is 1. The first-order valence-electron chi connectivity index (χ1n) is 4.79. The van der Waals surface area contributed by atoms with E-state index in [1.165, 1.54) is 0 Å². The van der Waals surface area contributed by atoms with E-state index in [1.54, 1.807) is 6.20 Å². The van der Waals surface area contributed by atoms with Gasteiger partial charge in [0.2, 0.25) is 0 Å². The van der Waals surface area contributed by atoms with E-state index in [4.69, 9.17) is 5.73 Å². The summed E-state index contributed by atoms with van der Waals surface area (Å²) >= 11 is 2.11. The fourth-order valence-electron chi connectivity index (χ4n) is 1.60. The molecule has 0 aliphatic rings. The zero-order valence-corrected chi connectivity index (χ0v) is 11.5. The molecule has 2 aromatic rings. The topological polar surface area (TPSA) is 69.6 Å². The monoisotopic (exact) mass is 329 g/mol. The molecule has 0 saturated heterocycles. The summed E-state index contributed by atoms with van der Waals surface area (Å²) in [5.41, 5.74) is 8.70. The molecule has 2 rings (SSSR count). The van der Waals surface area contributed by atoms with Crippen molar-refractivity contribution in [3.05, 3.63) is 21.2 Å². The van der Waals surface area contributed by atoms with Crippen molar-refractivity contribution in [1.82, 2.24) is 19.7 Å². The second-order valence-electron chi connectivity index (χ2n) is 3.60. The Balaban J connectivity index is 2.63. The van der Waals surface area contributed by atoms with Crippen LogP contribution in [0.15, 0.2) is 6.20 Å². The minimum atomic E-state index is 0.508. The van der Waals surface area contributed by atoms with Crippen LogP contribution in [0.5, 0.6) is 0 Å². The van der Waals surface area contributed by atoms with Crippen molar-refractivity contribution in [2.45, 2.75) is 13.8 Å². The molecule has 0 radical (unpaired) electrons. The van der Waals surface area contributed by atoms with Gasteiger partial charge in [-0.3, -0.25) is 4.68 Å². The van der Waals surface area contributed by atoms with Gasteiger partial charge in [-0.05, 0) is 36.4 Å². The summed E-state index contributed by atoms with van der Waals surface area (Å²) in [5.74, 6) is 1.15. The normalized spacial score (nSPS) is 10.8. The van der Waals surface area contributed by atoms with Crippen LogP contribution in [0.1, 0.15) is 11.4 Å². The largest absolute Gasteiger partial charge is 0.383 e. The summed E-state index contributed by atoms with van der Waals surface area (Å²) in [4.78, 5) is 8.58. The van der Waals surface area contributed by atoms with Crippen molar-refractivity contribution >= 4 is 28.4 Å². The first-order chi connectivity index (χ1) is 7.50. The summed E-state index contributed by atoms with van der Waals surface area (Å²) in [6, 6.07) is 0. The van der Waals surface area contributed by atoms with E-state index in [0.717, 1.165) is 20.5 Å². The Morgan fingerprint density at radius 3 is 2.56 bits per heavy atom. The second kappa shape index (κ2) is 4.00. The molecule has 0 aliphatic heterocycles. The number of hydrogen-bond donors (Lipinski definition) is 1. The Hall–Kier alpha value is -1.18. The molecule has 0 aliphatic carbocycles. The van der Waals surface area contributed by atoms with Gasteiger partial charge in [-0.15, -0.1) is 0 Å². The summed E-state index contributed by atoms with van der Waals surface area (Å²) in [5, 5.41) is 4.33. The van der Waals surface area contributed by atoms with E-state index in [2.05, 4.69) is 37.7 Å². The second-order valence-corrected chi connectivity index (χ2v) is 4.76. The van der Waals surface area contributed by atoms with E-state index in [0.29, 0.717) is 11.6 Å². The van der Waals surface area contributed by atoms with Gasteiger partial charge < -0.3 is 5.73 Å². The van der Waals surface area contributed by atoms with Crippen LogP contribution in [0.2, 0.25) is 0 Å². The zero-order valence-electron chi connectivity index (χ0n) is 9.32. The molecule has 5 nitrogen and oxygen atoms in total. The zero-order chi connectivity index (χ0) is 11.9. The third-order valence-electron chi connectivity index (χ3n) is 2.50. The van der Waals surface area contributed by atoms with Gasteiger partial charge in [0.15, 0.2) is 5.82 Å². The lowest BCUT2D eigenvalue weighted by Crippen LogP contribution is -1.99. The number of aromatic nitrogens is 4. The molecule has 0 amide bonds. The molecule has 16 heavy (non-hydrogen) atoms. The summed E-state index contributed by atoms with van der Waals surface area (Å²) < 4.78 is 2.68. The number of nitrogen functional groups attached to an aromatic ring is 1. The molecule has 0 atom stereocenters. The minimum absolute atomic E-state index is 0.508. The number of hydrogen-bond acceptors (Lipinski definition) is 4. The molecule has 0 spiro atoms. The standard InChI is InChI=1S/C10H12IN5/c1-5-8(6(2)16(3)15-5)10-13-4-7(11)9(12)14-10/h4H,1-3H3,(H2,12,13,14). The highest BCUT2D eigenvalue weighted by Gasteiger charge is 2.14. The molecule has 0 unspecified atom stereocenters. The smallest absolute Gasteiger partial charge is 0.165 e. The average Bonchev–Trinajstić information content (AvgIpc) is 2.47. The van der Waals surface area contributed by atoms with Crippen molar-refractivity contribution in [2.75, 3.05) is 5.73 Å². The molecule has 2 aromatic heterocycles. The molecule has 0 fully saturated rings. The third kappa shape index (κ3) is 1.77. The number of nitrogens with two attached hydrogens (primary N) is 1. The first-order valence-corrected chi connectivity index (χ1v) is 5.87. The van der Waals surface area contributed by atoms with E-state index >= 15 is 0 Å². The van der Waals surface area contributed by atoms with Crippen LogP contribution in [0, 0.1) is 17.4 Å². The Labute approximate surface area is 107 Å². The Morgan fingerprint density at radius 2 is 2.06 bits per heavy atom. The van der Waals surface area contributed by atoms with Crippen molar-refractivity contribution in [2.24, 2.45) is 7.05 Å². The van der Waals surface area contributed by atoms with Crippen molar-refractivity contribution in [3.8, 4) is 11.4 Å². The number of anilines is 1. The van der Waals surface area contributed by atoms with Crippen molar-refractivity contribution in [1.29, 1.82) is 0 Å². The first kappa shape index (κ1) is 11.3. The van der Waals surface area contributed by atoms with E-state index in [9.17, 15) is 0 Å². The molecule has 0 aromatic carbocycles. The lowest BCUT2D eigenvalue weighted by Gasteiger charge is -2.02. The quantitative estimate of drug-likeness (QED) is 0.808. The predicted octanol–water partition coefficient (Wildman–Crippen LogP) is 1.68. The van der Waals surface area contributed by atoms with Crippen LogP contribution < -0.4 is 5.73 Å². The fourth-order valence-corrected chi connectivity index (χ4v) is 1.86. The van der Waals surface area contributed by atoms with Gasteiger partial charge >= 0.3 is 0 Å². The van der Waals surface area contributed by atoms with Gasteiger partial charge in [0, 0.05) is 18.9 Å². The average molecular weight is 329 g/mol. The maximum absolute atomic E-state index is 5.78. The fraction of sp³-hybridized carbons (Fsp3) is 0.300. The van der Waals surface area contributed by atoms with Crippen LogP contribution >= 0.6 is 22.6 Å². The summed E-state index contributed by atoms with van der Waals surface area (Å²) in [6.45, 7) is 3.94. The number of nitrogens with zero attached hydrogens (tertiary/aromatic N) is 4. The van der Waals surface area contributed by atoms with E-state index in [1.807, 2.05) is 25.6 Å². The Kier molecular flexibility index (Phi) is 2.83. The molecular formula is C10H12IN5. The Bertz CT molecular complexity index is 546. The molecule has 84 valence electrons. The predicted molar refractivity (Wildman–Crippen MR) is 70.8 cm³/mol. The molecular weight excluding hydrogens is 317 g/mol. The van der Waals surface area contributed by atoms with Crippen LogP contribution in [-0.2, 0) is 7.05 Å². The van der Waals surface area contributed by atoms with Gasteiger partial charge in [-0.2, -0.15) is 5.10 Å². The van der Waals surface area contributed by atoms with Crippen LogP contribution in [0.3, 0.4) is 0 Å². The van der Waals surface area contributed by atoms with Gasteiger partial charge in [0.1, 0.15) is 5.82 Å². The highest BCUT2D eigenvalue weighted by molar-refractivity contribution is 14.1. The molecule has 6 heteroatoms. The van der Waals surface area contributed by atoms with E-state index < -0.39 is 0 Å². The highest BCUT2D eigenvalue weighted by atomic mass is 127. The maximum atomic E-state index is 5.78. The van der Waals surface area contributed by atoms with Gasteiger partial charge in [-0.1, -0.05) is 0 Å². The van der Waals surface area contributed by atoms with Crippen LogP contribution in [-0.4, -0.2) is 19.7 Å². The maximum Gasteiger partial charge on any atom is 0.165 e. The van der Waals surface area contributed by atoms with Crippen molar-refractivity contribution < 1.29 is 0 Å². The Morgan fingerprint density at radius 1 is 1.38 bits per heavy atom. The SMILES string of the molecule is Cc1nn(C)c(C)c1-c1ncc(I)c(N)n1. The van der Waals surface area contributed by atoms with Gasteiger partial charge in [0.05, 0.1) is 14.8 Å². The lowest BCUT2D eigenvalue weighted by molar-refractivity contribution is 0.731. The summed E-state index contributed by atoms with van der Waals surface area (Å²) in [7, 11) is 1.90. The highest BCUT2D eigenvalue weighted by Crippen LogP contribution is 2.24. The van der Waals surface area contributed by atoms with Gasteiger partial charge in [0.25, 0.3) is 0 Å². The minimum Gasteiger partial charge on any atom is -0.383 e. The third-order valence-corrected chi connectivity index (χ3v) is 3.34. The number of rotatable bonds is 1. The molecule has 2 N–H and O–H groups in total. The van der Waals surface area contributed by atoms with Crippen LogP contribution in [0.4, 0.5) is 5.82 Å². The molecule has 2 heterocycles. The van der Waals surface area contributed by atoms with E-state index in [-0.39, 0.29) is 0 Å². The van der Waals surface area contributed by atoms with Gasteiger partial charge in [-0.25, -0.2) is 9.97 Å². The molecule has 0 bridgehead atoms.